The van der Waals surface area contributed by atoms with E-state index >= 15 is 0 Å². The lowest BCUT2D eigenvalue weighted by Crippen LogP contribution is -2.59. The van der Waals surface area contributed by atoms with E-state index in [1.54, 1.807) is 13.8 Å². The molecule has 6 atom stereocenters. The Kier molecular flexibility index (Phi) is 3.90. The first-order valence-corrected chi connectivity index (χ1v) is 9.95. The maximum Gasteiger partial charge on any atom is 0.319 e. The van der Waals surface area contributed by atoms with E-state index in [0.29, 0.717) is 25.7 Å². The van der Waals surface area contributed by atoms with Crippen molar-refractivity contribution >= 4 is 23.5 Å². The number of carbonyl (C=O) groups excluding carboxylic acids is 4. The van der Waals surface area contributed by atoms with Crippen LogP contribution >= 0.6 is 0 Å². The van der Waals surface area contributed by atoms with E-state index in [2.05, 4.69) is 0 Å². The van der Waals surface area contributed by atoms with Crippen molar-refractivity contribution in [3.8, 4) is 0 Å². The fraction of sp³-hybridized carbons (Fsp3) is 0.810. The van der Waals surface area contributed by atoms with E-state index in [-0.39, 0.29) is 41.9 Å². The first-order valence-electron chi connectivity index (χ1n) is 9.95. The minimum atomic E-state index is -1.21. The van der Waals surface area contributed by atoms with Crippen molar-refractivity contribution in [1.82, 2.24) is 0 Å². The molecule has 6 heteroatoms. The van der Waals surface area contributed by atoms with Crippen LogP contribution in [0.2, 0.25) is 0 Å². The molecule has 1 saturated heterocycles. The van der Waals surface area contributed by atoms with Crippen LogP contribution in [0.15, 0.2) is 0 Å². The quantitative estimate of drug-likeness (QED) is 0.543. The highest BCUT2D eigenvalue weighted by Gasteiger charge is 2.73. The van der Waals surface area contributed by atoms with Gasteiger partial charge in [-0.05, 0) is 37.5 Å². The van der Waals surface area contributed by atoms with Crippen LogP contribution in [0.4, 0.5) is 0 Å². The molecule has 1 heterocycles. The van der Waals surface area contributed by atoms with E-state index in [4.69, 9.17) is 9.47 Å². The van der Waals surface area contributed by atoms with E-state index in [1.165, 1.54) is 7.11 Å². The molecule has 0 radical (unpaired) electrons. The molecule has 27 heavy (non-hydrogen) atoms. The summed E-state index contributed by atoms with van der Waals surface area (Å²) in [6.07, 6.45) is 2.87. The topological polar surface area (TPSA) is 86.7 Å². The highest BCUT2D eigenvalue weighted by molar-refractivity contribution is 6.07. The molecule has 3 aliphatic carbocycles. The molecule has 6 nitrogen and oxygen atoms in total. The molecule has 4 fully saturated rings. The Morgan fingerprint density at radius 3 is 2.56 bits per heavy atom. The van der Waals surface area contributed by atoms with Crippen molar-refractivity contribution < 1.29 is 28.7 Å². The fourth-order valence-corrected chi connectivity index (χ4v) is 7.03. The lowest BCUT2D eigenvalue weighted by atomic mass is 9.46. The Morgan fingerprint density at radius 1 is 1.19 bits per heavy atom. The molecular weight excluding hydrogens is 348 g/mol. The third-order valence-corrected chi connectivity index (χ3v) is 8.36. The van der Waals surface area contributed by atoms with E-state index in [1.807, 2.05) is 6.92 Å². The first-order chi connectivity index (χ1) is 12.6. The number of ether oxygens (including phenoxy) is 2. The number of fused-ring (bicyclic) bond motifs is 3. The molecule has 3 saturated carbocycles. The van der Waals surface area contributed by atoms with E-state index < -0.39 is 28.1 Å². The molecule has 1 aliphatic heterocycles. The maximum atomic E-state index is 13.4. The molecule has 0 aromatic heterocycles. The van der Waals surface area contributed by atoms with Gasteiger partial charge in [0.25, 0.3) is 0 Å². The zero-order valence-corrected chi connectivity index (χ0v) is 16.5. The van der Waals surface area contributed by atoms with Crippen molar-refractivity contribution in [3.05, 3.63) is 0 Å². The number of hydrogen-bond donors (Lipinski definition) is 0. The van der Waals surface area contributed by atoms with Crippen molar-refractivity contribution in [2.75, 3.05) is 13.7 Å². The number of carbonyl (C=O) groups is 4. The third kappa shape index (κ3) is 2.07. The molecule has 0 aromatic carbocycles. The van der Waals surface area contributed by atoms with E-state index in [0.717, 1.165) is 6.42 Å². The number of hydrogen-bond acceptors (Lipinski definition) is 6. The summed E-state index contributed by atoms with van der Waals surface area (Å²) < 4.78 is 10.7. The van der Waals surface area contributed by atoms with Crippen molar-refractivity contribution in [2.24, 2.45) is 39.9 Å². The van der Waals surface area contributed by atoms with Crippen LogP contribution in [0, 0.1) is 39.9 Å². The minimum Gasteiger partial charge on any atom is -0.468 e. The molecule has 0 aromatic rings. The summed E-state index contributed by atoms with van der Waals surface area (Å²) in [5.41, 5.74) is -2.72. The smallest absolute Gasteiger partial charge is 0.319 e. The number of rotatable bonds is 2. The number of cyclic esters (lactones) is 1. The van der Waals surface area contributed by atoms with Gasteiger partial charge in [-0.1, -0.05) is 20.8 Å². The van der Waals surface area contributed by atoms with Gasteiger partial charge in [-0.3, -0.25) is 19.2 Å². The Labute approximate surface area is 159 Å². The number of methoxy groups -OCH3 is 1. The average molecular weight is 376 g/mol. The van der Waals surface area contributed by atoms with Gasteiger partial charge in [0, 0.05) is 23.2 Å². The van der Waals surface area contributed by atoms with E-state index in [9.17, 15) is 19.2 Å². The summed E-state index contributed by atoms with van der Waals surface area (Å²) in [5.74, 6) is -1.78. The molecule has 0 N–H and O–H groups in total. The molecule has 4 rings (SSSR count). The SMILES string of the molecule is COC(=O)[C@@]12C[C@@H](CC[C@H]1[C@]13CCC(=O)C(C)(C)[C@H]1C(=O)OC3)[C@@H](C)C2=O. The summed E-state index contributed by atoms with van der Waals surface area (Å²) in [4.78, 5) is 51.7. The Morgan fingerprint density at radius 2 is 1.89 bits per heavy atom. The highest BCUT2D eigenvalue weighted by atomic mass is 16.5. The van der Waals surface area contributed by atoms with Gasteiger partial charge in [0.1, 0.15) is 11.2 Å². The Bertz CT molecular complexity index is 739. The second-order valence-corrected chi connectivity index (χ2v) is 9.63. The van der Waals surface area contributed by atoms with Gasteiger partial charge in [-0.15, -0.1) is 0 Å². The fourth-order valence-electron chi connectivity index (χ4n) is 7.03. The molecule has 0 spiro atoms. The normalized spacial score (nSPS) is 45.4. The zero-order valence-electron chi connectivity index (χ0n) is 16.5. The molecule has 4 aliphatic rings. The average Bonchev–Trinajstić information content (AvgIpc) is 3.09. The van der Waals surface area contributed by atoms with Crippen LogP contribution < -0.4 is 0 Å². The second kappa shape index (κ2) is 5.65. The maximum absolute atomic E-state index is 13.4. The number of ketones is 2. The molecule has 0 unspecified atom stereocenters. The van der Waals surface area contributed by atoms with Gasteiger partial charge < -0.3 is 9.47 Å². The van der Waals surface area contributed by atoms with Gasteiger partial charge in [-0.2, -0.15) is 0 Å². The van der Waals surface area contributed by atoms with Gasteiger partial charge in [0.15, 0.2) is 5.78 Å². The number of Topliss-reactive ketones (excluding diaryl/α,β-unsaturated/α-hetero) is 2. The molecule has 0 amide bonds. The summed E-state index contributed by atoms with van der Waals surface area (Å²) in [6.45, 7) is 5.69. The largest absolute Gasteiger partial charge is 0.468 e. The van der Waals surface area contributed by atoms with Gasteiger partial charge in [-0.25, -0.2) is 0 Å². The lowest BCUT2D eigenvalue weighted by Gasteiger charge is -2.53. The van der Waals surface area contributed by atoms with Crippen LogP contribution in [0.1, 0.15) is 52.9 Å². The summed E-state index contributed by atoms with van der Waals surface area (Å²) in [7, 11) is 1.33. The standard InChI is InChI=1S/C21H28O6/c1-11-12-5-6-13(21(9-12,16(11)23)18(25)26-4)20-8-7-14(22)19(2,3)15(20)17(24)27-10-20/h11-13,15H,5-10H2,1-4H3/t11-,12-,13+,15-,20-,21+/m1/s1. The van der Waals surface area contributed by atoms with Gasteiger partial charge >= 0.3 is 11.9 Å². The van der Waals surface area contributed by atoms with Crippen LogP contribution in [-0.4, -0.2) is 37.2 Å². The number of esters is 2. The second-order valence-electron chi connectivity index (χ2n) is 9.63. The van der Waals surface area contributed by atoms with Crippen LogP contribution in [0.25, 0.3) is 0 Å². The van der Waals surface area contributed by atoms with Crippen LogP contribution in [0.3, 0.4) is 0 Å². The highest BCUT2D eigenvalue weighted by Crippen LogP contribution is 2.67. The minimum absolute atomic E-state index is 0.0499. The zero-order chi connectivity index (χ0) is 19.8. The van der Waals surface area contributed by atoms with Crippen molar-refractivity contribution in [3.63, 3.8) is 0 Å². The molecule has 2 bridgehead atoms. The monoisotopic (exact) mass is 376 g/mol. The molecule has 148 valence electrons. The summed E-state index contributed by atoms with van der Waals surface area (Å²) >= 11 is 0. The summed E-state index contributed by atoms with van der Waals surface area (Å²) in [5, 5.41) is 0. The predicted octanol–water partition coefficient (Wildman–Crippen LogP) is 2.33. The van der Waals surface area contributed by atoms with Gasteiger partial charge in [0.05, 0.1) is 19.6 Å². The van der Waals surface area contributed by atoms with Crippen molar-refractivity contribution in [1.29, 1.82) is 0 Å². The molecular formula is C21H28O6. The van der Waals surface area contributed by atoms with Gasteiger partial charge in [0.2, 0.25) is 0 Å². The van der Waals surface area contributed by atoms with Crippen LogP contribution in [-0.2, 0) is 28.7 Å². The Balaban J connectivity index is 1.88. The van der Waals surface area contributed by atoms with Crippen LogP contribution in [0.5, 0.6) is 0 Å². The first kappa shape index (κ1) is 18.6. The predicted molar refractivity (Wildman–Crippen MR) is 94.4 cm³/mol. The van der Waals surface area contributed by atoms with Crippen molar-refractivity contribution in [2.45, 2.75) is 52.9 Å². The summed E-state index contributed by atoms with van der Waals surface area (Å²) in [6, 6.07) is 0. The Hall–Kier alpha value is -1.72. The third-order valence-electron chi connectivity index (χ3n) is 8.36. The lowest BCUT2D eigenvalue weighted by molar-refractivity contribution is -0.174.